The van der Waals surface area contributed by atoms with Gasteiger partial charge in [0.2, 0.25) is 0 Å². The number of terminal acetylenes is 1. The van der Waals surface area contributed by atoms with E-state index in [1.807, 2.05) is 13.8 Å². The number of hydrogen-bond donors (Lipinski definition) is 3. The highest BCUT2D eigenvalue weighted by Crippen LogP contribution is 2.24. The topological polar surface area (TPSA) is 52.5 Å². The number of rotatable bonds is 4. The fraction of sp³-hybridized carbons (Fsp3) is 0.385. The van der Waals surface area contributed by atoms with Crippen molar-refractivity contribution in [2.45, 2.75) is 32.4 Å². The van der Waals surface area contributed by atoms with E-state index in [1.54, 1.807) is 12.1 Å². The number of benzene rings is 1. The van der Waals surface area contributed by atoms with Gasteiger partial charge < -0.3 is 15.5 Å². The summed E-state index contributed by atoms with van der Waals surface area (Å²) in [6, 6.07) is 4.78. The second-order valence-corrected chi connectivity index (χ2v) is 3.98. The van der Waals surface area contributed by atoms with Gasteiger partial charge in [-0.15, -0.1) is 12.3 Å². The first kappa shape index (κ1) is 12.4. The van der Waals surface area contributed by atoms with Crippen LogP contribution >= 0.6 is 0 Å². The van der Waals surface area contributed by atoms with Gasteiger partial charge >= 0.3 is 0 Å². The van der Waals surface area contributed by atoms with Crippen molar-refractivity contribution in [1.29, 1.82) is 0 Å². The predicted octanol–water partition coefficient (Wildman–Crippen LogP) is 2.16. The predicted molar refractivity (Wildman–Crippen MR) is 64.2 cm³/mol. The largest absolute Gasteiger partial charge is 0.508 e. The summed E-state index contributed by atoms with van der Waals surface area (Å²) in [5, 5.41) is 22.0. The third-order valence-electron chi connectivity index (χ3n) is 2.38. The van der Waals surface area contributed by atoms with Gasteiger partial charge in [0.15, 0.2) is 0 Å². The molecular formula is C13H17NO2. The van der Waals surface area contributed by atoms with Crippen LogP contribution in [0.1, 0.15) is 31.9 Å². The Kier molecular flexibility index (Phi) is 4.21. The van der Waals surface area contributed by atoms with Gasteiger partial charge in [0, 0.05) is 24.6 Å². The zero-order chi connectivity index (χ0) is 12.1. The molecule has 3 nitrogen and oxygen atoms in total. The van der Waals surface area contributed by atoms with Crippen molar-refractivity contribution in [3.05, 3.63) is 23.8 Å². The molecule has 0 heterocycles. The summed E-state index contributed by atoms with van der Waals surface area (Å²) in [7, 11) is 0. The molecule has 1 rings (SSSR count). The van der Waals surface area contributed by atoms with Crippen molar-refractivity contribution >= 4 is 0 Å². The van der Waals surface area contributed by atoms with Crippen molar-refractivity contribution in [2.24, 2.45) is 0 Å². The summed E-state index contributed by atoms with van der Waals surface area (Å²) in [5.74, 6) is 2.71. The lowest BCUT2D eigenvalue weighted by molar-refractivity contribution is 0.441. The molecule has 2 atom stereocenters. The SMILES string of the molecule is C#CCC(C)NC(C)c1cc(O)cc(O)c1. The van der Waals surface area contributed by atoms with E-state index in [0.717, 1.165) is 5.56 Å². The molecule has 86 valence electrons. The van der Waals surface area contributed by atoms with Crippen molar-refractivity contribution in [2.75, 3.05) is 0 Å². The van der Waals surface area contributed by atoms with Crippen LogP contribution in [0.15, 0.2) is 18.2 Å². The zero-order valence-corrected chi connectivity index (χ0v) is 9.57. The van der Waals surface area contributed by atoms with Gasteiger partial charge in [-0.1, -0.05) is 0 Å². The van der Waals surface area contributed by atoms with E-state index in [0.29, 0.717) is 6.42 Å². The van der Waals surface area contributed by atoms with Gasteiger partial charge in [-0.3, -0.25) is 0 Å². The van der Waals surface area contributed by atoms with Crippen molar-refractivity contribution < 1.29 is 10.2 Å². The minimum atomic E-state index is 0.0290. The molecule has 2 unspecified atom stereocenters. The molecular weight excluding hydrogens is 202 g/mol. The van der Waals surface area contributed by atoms with E-state index in [2.05, 4.69) is 11.2 Å². The first-order valence-corrected chi connectivity index (χ1v) is 5.25. The zero-order valence-electron chi connectivity index (χ0n) is 9.57. The van der Waals surface area contributed by atoms with Crippen LogP contribution in [0.4, 0.5) is 0 Å². The fourth-order valence-corrected chi connectivity index (χ4v) is 1.63. The van der Waals surface area contributed by atoms with Crippen molar-refractivity contribution in [1.82, 2.24) is 5.32 Å². The lowest BCUT2D eigenvalue weighted by atomic mass is 10.1. The molecule has 3 N–H and O–H groups in total. The van der Waals surface area contributed by atoms with Crippen LogP contribution in [0.5, 0.6) is 11.5 Å². The fourth-order valence-electron chi connectivity index (χ4n) is 1.63. The second-order valence-electron chi connectivity index (χ2n) is 3.98. The number of phenols is 2. The first-order valence-electron chi connectivity index (χ1n) is 5.25. The number of nitrogens with one attached hydrogen (secondary N) is 1. The number of aromatic hydroxyl groups is 2. The first-order chi connectivity index (χ1) is 7.52. The van der Waals surface area contributed by atoms with Crippen LogP contribution in [0.3, 0.4) is 0 Å². The summed E-state index contributed by atoms with van der Waals surface area (Å²) >= 11 is 0. The highest BCUT2D eigenvalue weighted by atomic mass is 16.3. The molecule has 0 aliphatic heterocycles. The quantitative estimate of drug-likeness (QED) is 0.680. The molecule has 1 aromatic rings. The van der Waals surface area contributed by atoms with Crippen LogP contribution in [0.2, 0.25) is 0 Å². The molecule has 0 aromatic heterocycles. The maximum Gasteiger partial charge on any atom is 0.119 e. The Bertz CT molecular complexity index is 375. The third kappa shape index (κ3) is 3.48. The molecule has 0 saturated heterocycles. The summed E-state index contributed by atoms with van der Waals surface area (Å²) in [4.78, 5) is 0. The van der Waals surface area contributed by atoms with Crippen molar-refractivity contribution in [3.8, 4) is 23.8 Å². The molecule has 3 heteroatoms. The molecule has 1 aromatic carbocycles. The highest BCUT2D eigenvalue weighted by molar-refractivity contribution is 5.37. The van der Waals surface area contributed by atoms with Crippen LogP contribution in [0, 0.1) is 12.3 Å². The third-order valence-corrected chi connectivity index (χ3v) is 2.38. The van der Waals surface area contributed by atoms with E-state index in [4.69, 9.17) is 6.42 Å². The van der Waals surface area contributed by atoms with Gasteiger partial charge in [0.05, 0.1) is 0 Å². The molecule has 0 radical (unpaired) electrons. The molecule has 0 saturated carbocycles. The molecule has 0 amide bonds. The van der Waals surface area contributed by atoms with Gasteiger partial charge in [0.25, 0.3) is 0 Å². The molecule has 0 aliphatic carbocycles. The van der Waals surface area contributed by atoms with Gasteiger partial charge in [-0.2, -0.15) is 0 Å². The Balaban J connectivity index is 2.73. The monoisotopic (exact) mass is 219 g/mol. The average molecular weight is 219 g/mol. The van der Waals surface area contributed by atoms with E-state index in [1.165, 1.54) is 6.07 Å². The van der Waals surface area contributed by atoms with Gasteiger partial charge in [-0.25, -0.2) is 0 Å². The molecule has 0 fully saturated rings. The Hall–Kier alpha value is -1.66. The van der Waals surface area contributed by atoms with Crippen LogP contribution in [-0.4, -0.2) is 16.3 Å². The lowest BCUT2D eigenvalue weighted by Crippen LogP contribution is -2.28. The van der Waals surface area contributed by atoms with Gasteiger partial charge in [-0.05, 0) is 31.5 Å². The summed E-state index contributed by atoms with van der Waals surface area (Å²) < 4.78 is 0. The normalized spacial score (nSPS) is 14.1. The Morgan fingerprint density at radius 2 is 1.81 bits per heavy atom. The van der Waals surface area contributed by atoms with Crippen LogP contribution in [-0.2, 0) is 0 Å². The van der Waals surface area contributed by atoms with Crippen LogP contribution < -0.4 is 5.32 Å². The van der Waals surface area contributed by atoms with E-state index < -0.39 is 0 Å². The van der Waals surface area contributed by atoms with Crippen LogP contribution in [0.25, 0.3) is 0 Å². The average Bonchev–Trinajstić information content (AvgIpc) is 2.16. The molecule has 0 bridgehead atoms. The smallest absolute Gasteiger partial charge is 0.119 e. The van der Waals surface area contributed by atoms with E-state index >= 15 is 0 Å². The molecule has 16 heavy (non-hydrogen) atoms. The maximum absolute atomic E-state index is 9.36. The van der Waals surface area contributed by atoms with E-state index in [-0.39, 0.29) is 23.6 Å². The summed E-state index contributed by atoms with van der Waals surface area (Å²) in [5.41, 5.74) is 0.835. The number of hydrogen-bond acceptors (Lipinski definition) is 3. The highest BCUT2D eigenvalue weighted by Gasteiger charge is 2.10. The molecule has 0 aliphatic rings. The summed E-state index contributed by atoms with van der Waals surface area (Å²) in [6.07, 6.45) is 5.87. The maximum atomic E-state index is 9.36. The van der Waals surface area contributed by atoms with Crippen molar-refractivity contribution in [3.63, 3.8) is 0 Å². The minimum Gasteiger partial charge on any atom is -0.508 e. The standard InChI is InChI=1S/C13H17NO2/c1-4-5-9(2)14-10(3)11-6-12(15)8-13(16)7-11/h1,6-10,14-16H,5H2,2-3H3. The Morgan fingerprint density at radius 3 is 2.31 bits per heavy atom. The number of phenolic OH excluding ortho intramolecular Hbond substituents is 2. The van der Waals surface area contributed by atoms with E-state index in [9.17, 15) is 10.2 Å². The lowest BCUT2D eigenvalue weighted by Gasteiger charge is -2.19. The van der Waals surface area contributed by atoms with Gasteiger partial charge in [0.1, 0.15) is 11.5 Å². The Labute approximate surface area is 96.1 Å². The summed E-state index contributed by atoms with van der Waals surface area (Å²) in [6.45, 7) is 3.96. The second kappa shape index (κ2) is 5.43. The Morgan fingerprint density at radius 1 is 1.25 bits per heavy atom. The molecule has 0 spiro atoms. The minimum absolute atomic E-state index is 0.0290.